The van der Waals surface area contributed by atoms with Crippen LogP contribution in [0.15, 0.2) is 134 Å². The van der Waals surface area contributed by atoms with E-state index in [1.165, 1.54) is 33.9 Å². The molecule has 0 saturated heterocycles. The molecule has 0 amide bonds. The van der Waals surface area contributed by atoms with Gasteiger partial charge < -0.3 is 5.11 Å². The summed E-state index contributed by atoms with van der Waals surface area (Å²) >= 11 is 0. The second-order valence-electron chi connectivity index (χ2n) is 19.2. The monoisotopic (exact) mass is 795 g/mol. The lowest BCUT2D eigenvalue weighted by Gasteiger charge is -2.27. The van der Waals surface area contributed by atoms with Crippen molar-refractivity contribution < 1.29 is 9.50 Å². The smallest absolute Gasteiger partial charge is 0.149 e. The summed E-state index contributed by atoms with van der Waals surface area (Å²) < 4.78 is 16.6. The topological polar surface area (TPSA) is 50.9 Å². The molecule has 0 saturated carbocycles. The highest BCUT2D eigenvalue weighted by atomic mass is 19.1. The third kappa shape index (κ3) is 8.77. The maximum Gasteiger partial charge on any atom is 0.149 e. The fourth-order valence-electron chi connectivity index (χ4n) is 7.66. The van der Waals surface area contributed by atoms with Gasteiger partial charge in [0, 0.05) is 29.1 Å². The van der Waals surface area contributed by atoms with Crippen LogP contribution in [0.5, 0.6) is 5.75 Å². The number of hydrogen-bond acceptors (Lipinski definition) is 3. The summed E-state index contributed by atoms with van der Waals surface area (Å²) in [6.07, 6.45) is 11.2. The van der Waals surface area contributed by atoms with Crippen LogP contribution in [-0.4, -0.2) is 19.6 Å². The Bertz CT molecular complexity index is 2750. The lowest BCUT2D eigenvalue weighted by Crippen LogP contribution is -2.17. The van der Waals surface area contributed by atoms with Crippen molar-refractivity contribution >= 4 is 11.0 Å². The Hall–Kier alpha value is -6.07. The molecule has 0 bridgehead atoms. The van der Waals surface area contributed by atoms with E-state index in [0.29, 0.717) is 11.4 Å². The zero-order valence-electron chi connectivity index (χ0n) is 37.1. The predicted octanol–water partition coefficient (Wildman–Crippen LogP) is 14.8. The third-order valence-electron chi connectivity index (χ3n) is 11.4. The maximum absolute atomic E-state index is 14.5. The summed E-state index contributed by atoms with van der Waals surface area (Å²) in [6.45, 7) is 24.2. The standard InChI is InChI=1S/C55H58FN3O/c1-12-13-14-15-17-36-26-37(21-20-35(36)2)38-24-25-57-48(30-38)40-27-39(28-41(29-40)53(3,4)5)46-18-16-19-49-51(46)58-52(47-23-22-44(56)34-50(47)60)59(49)45-32-42(54(6,7)8)31-43(33-45)55(9,10)11/h12-16,18-34,60H,17H2,1-11H3/b13-12-,15-14+. The average Bonchev–Trinajstić information content (AvgIpc) is 3.58. The van der Waals surface area contributed by atoms with Crippen LogP contribution in [-0.2, 0) is 22.7 Å². The number of nitrogens with zero attached hydrogens (tertiary/aromatic N) is 3. The van der Waals surface area contributed by atoms with Gasteiger partial charge in [-0.25, -0.2) is 9.37 Å². The molecule has 5 aromatic carbocycles. The highest BCUT2D eigenvalue weighted by Gasteiger charge is 2.26. The van der Waals surface area contributed by atoms with Crippen molar-refractivity contribution in [1.82, 2.24) is 14.5 Å². The van der Waals surface area contributed by atoms with Crippen LogP contribution in [0.2, 0.25) is 0 Å². The first-order chi connectivity index (χ1) is 28.3. The normalized spacial score (nSPS) is 12.7. The first-order valence-corrected chi connectivity index (χ1v) is 21.0. The van der Waals surface area contributed by atoms with Crippen LogP contribution in [0.25, 0.3) is 61.6 Å². The predicted molar refractivity (Wildman–Crippen MR) is 251 cm³/mol. The Morgan fingerprint density at radius 2 is 1.32 bits per heavy atom. The van der Waals surface area contributed by atoms with Gasteiger partial charge in [-0.1, -0.05) is 129 Å². The SMILES string of the molecule is C/C=C\C=C\Cc1cc(-c2ccnc(-c3cc(-c4cccc5c4nc(-c4ccc(F)cc4O)n5-c4cc(C(C)(C)C)cc(C(C)(C)C)c4)cc(C(C)(C)C)c3)c2)ccc1C. The number of allylic oxidation sites excluding steroid dienone is 4. The Balaban J connectivity index is 1.44. The van der Waals surface area contributed by atoms with Crippen LogP contribution < -0.4 is 0 Å². The van der Waals surface area contributed by atoms with Crippen LogP contribution in [0.4, 0.5) is 4.39 Å². The van der Waals surface area contributed by atoms with Crippen molar-refractivity contribution in [3.05, 3.63) is 167 Å². The molecular weight excluding hydrogens is 738 g/mol. The summed E-state index contributed by atoms with van der Waals surface area (Å²) in [4.78, 5) is 10.3. The number of imidazole rings is 1. The molecule has 0 atom stereocenters. The first kappa shape index (κ1) is 42.1. The van der Waals surface area contributed by atoms with Crippen LogP contribution >= 0.6 is 0 Å². The number of pyridine rings is 1. The van der Waals surface area contributed by atoms with Crippen LogP contribution in [0.3, 0.4) is 0 Å². The molecule has 0 aliphatic rings. The van der Waals surface area contributed by atoms with Crippen LogP contribution in [0.1, 0.15) is 97.1 Å². The molecule has 60 heavy (non-hydrogen) atoms. The molecule has 0 fully saturated rings. The highest BCUT2D eigenvalue weighted by Crippen LogP contribution is 2.42. The van der Waals surface area contributed by atoms with Gasteiger partial charge in [-0.3, -0.25) is 9.55 Å². The molecule has 2 aromatic heterocycles. The number of rotatable bonds is 8. The number of halogens is 1. The van der Waals surface area contributed by atoms with Gasteiger partial charge in [0.1, 0.15) is 17.4 Å². The number of phenols is 1. The van der Waals surface area contributed by atoms with E-state index in [1.807, 2.05) is 19.2 Å². The summed E-state index contributed by atoms with van der Waals surface area (Å²) in [5.74, 6) is -0.129. The molecular formula is C55H58FN3O. The summed E-state index contributed by atoms with van der Waals surface area (Å²) in [5.41, 5.74) is 14.9. The zero-order chi connectivity index (χ0) is 43.1. The molecule has 0 aliphatic carbocycles. The Morgan fingerprint density at radius 3 is 1.98 bits per heavy atom. The molecule has 0 aliphatic heterocycles. The van der Waals surface area contributed by atoms with E-state index in [2.05, 4.69) is 177 Å². The van der Waals surface area contributed by atoms with E-state index < -0.39 is 5.82 Å². The quantitative estimate of drug-likeness (QED) is 0.156. The molecule has 7 rings (SSSR count). The van der Waals surface area contributed by atoms with Gasteiger partial charge in [0.15, 0.2) is 0 Å². The Labute approximate surface area is 356 Å². The number of phenolic OH excluding ortho intramolecular Hbond substituents is 1. The fourth-order valence-corrected chi connectivity index (χ4v) is 7.66. The highest BCUT2D eigenvalue weighted by molar-refractivity contribution is 5.97. The molecule has 0 radical (unpaired) electrons. The van der Waals surface area contributed by atoms with Gasteiger partial charge in [-0.2, -0.15) is 0 Å². The van der Waals surface area contributed by atoms with Crippen molar-refractivity contribution in [2.24, 2.45) is 0 Å². The number of para-hydroxylation sites is 1. The second-order valence-corrected chi connectivity index (χ2v) is 19.2. The summed E-state index contributed by atoms with van der Waals surface area (Å²) in [5, 5.41) is 11.3. The molecule has 7 aromatic rings. The minimum absolute atomic E-state index is 0.129. The summed E-state index contributed by atoms with van der Waals surface area (Å²) in [7, 11) is 0. The van der Waals surface area contributed by atoms with Gasteiger partial charge in [0.25, 0.3) is 0 Å². The Kier molecular flexibility index (Phi) is 11.3. The number of benzene rings is 5. The number of aromatic hydroxyl groups is 1. The number of hydrogen-bond donors (Lipinski definition) is 1. The van der Waals surface area contributed by atoms with Gasteiger partial charge >= 0.3 is 0 Å². The lowest BCUT2D eigenvalue weighted by atomic mass is 9.80. The van der Waals surface area contributed by atoms with Gasteiger partial charge in [0.2, 0.25) is 0 Å². The fraction of sp³-hybridized carbons (Fsp3) is 0.273. The van der Waals surface area contributed by atoms with E-state index in [4.69, 9.17) is 9.97 Å². The van der Waals surface area contributed by atoms with E-state index in [1.54, 1.807) is 6.07 Å². The van der Waals surface area contributed by atoms with Crippen molar-refractivity contribution in [2.75, 3.05) is 0 Å². The van der Waals surface area contributed by atoms with Crippen molar-refractivity contribution in [3.8, 4) is 56.3 Å². The third-order valence-corrected chi connectivity index (χ3v) is 11.4. The van der Waals surface area contributed by atoms with Crippen molar-refractivity contribution in [1.29, 1.82) is 0 Å². The van der Waals surface area contributed by atoms with Crippen molar-refractivity contribution in [3.63, 3.8) is 0 Å². The zero-order valence-corrected chi connectivity index (χ0v) is 37.1. The number of aryl methyl sites for hydroxylation is 1. The second kappa shape index (κ2) is 16.2. The van der Waals surface area contributed by atoms with E-state index in [0.717, 1.165) is 62.7 Å². The molecule has 4 nitrogen and oxygen atoms in total. The summed E-state index contributed by atoms with van der Waals surface area (Å²) in [6, 6.07) is 34.9. The number of fused-ring (bicyclic) bond motifs is 1. The Morgan fingerprint density at radius 1 is 0.650 bits per heavy atom. The van der Waals surface area contributed by atoms with Crippen LogP contribution in [0, 0.1) is 12.7 Å². The molecule has 5 heteroatoms. The van der Waals surface area contributed by atoms with E-state index in [9.17, 15) is 9.50 Å². The average molecular weight is 796 g/mol. The molecule has 0 unspecified atom stereocenters. The molecule has 306 valence electrons. The van der Waals surface area contributed by atoms with Gasteiger partial charge in [-0.15, -0.1) is 0 Å². The van der Waals surface area contributed by atoms with Crippen molar-refractivity contribution in [2.45, 2.75) is 98.8 Å². The minimum Gasteiger partial charge on any atom is -0.507 e. The van der Waals surface area contributed by atoms with E-state index >= 15 is 0 Å². The number of aromatic nitrogens is 3. The lowest BCUT2D eigenvalue weighted by molar-refractivity contribution is 0.470. The molecule has 0 spiro atoms. The maximum atomic E-state index is 14.5. The molecule has 2 heterocycles. The molecule has 1 N–H and O–H groups in total. The minimum atomic E-state index is -0.506. The first-order valence-electron chi connectivity index (χ1n) is 21.0. The van der Waals surface area contributed by atoms with Gasteiger partial charge in [0.05, 0.1) is 22.3 Å². The van der Waals surface area contributed by atoms with E-state index in [-0.39, 0.29) is 22.0 Å². The van der Waals surface area contributed by atoms with Gasteiger partial charge in [-0.05, 0) is 136 Å². The largest absolute Gasteiger partial charge is 0.507 e.